The van der Waals surface area contributed by atoms with Gasteiger partial charge < -0.3 is 19.5 Å². The van der Waals surface area contributed by atoms with E-state index in [0.717, 1.165) is 34.9 Å². The Morgan fingerprint density at radius 2 is 2.05 bits per heavy atom. The van der Waals surface area contributed by atoms with Crippen LogP contribution in [0.4, 0.5) is 5.95 Å². The van der Waals surface area contributed by atoms with Crippen molar-refractivity contribution in [3.8, 4) is 11.5 Å². The van der Waals surface area contributed by atoms with E-state index in [1.54, 1.807) is 4.68 Å². The van der Waals surface area contributed by atoms with Crippen LogP contribution in [0.3, 0.4) is 0 Å². The summed E-state index contributed by atoms with van der Waals surface area (Å²) in [6.45, 7) is 10.7. The molecule has 218 valence electrons. The number of carbonyl (C=O) groups is 1. The normalized spacial score (nSPS) is 14.3. The number of hydrogen-bond acceptors (Lipinski definition) is 8. The second-order valence-electron chi connectivity index (χ2n) is 9.31. The largest absolute Gasteiger partial charge is 0.490 e. The lowest BCUT2D eigenvalue weighted by molar-refractivity contribution is -0.138. The third-order valence-electron chi connectivity index (χ3n) is 6.34. The van der Waals surface area contributed by atoms with Crippen molar-refractivity contribution in [2.75, 3.05) is 25.1 Å². The number of esters is 1. The summed E-state index contributed by atoms with van der Waals surface area (Å²) in [4.78, 5) is 18.1. The Labute approximate surface area is 258 Å². The molecule has 1 aromatic heterocycles. The standard InChI is InChI=1S/C30H34BrClN4O4S/c1-5-8-11-15-39-27-22(31)16-21(17-24(27)38-7-3)26-25(28(37)40-14-6-2)19(4)33-29-34-30(35-36(26)29)41-18-20-12-9-10-13-23(20)32/h6,9-10,12-13,16-17,26H,2,5,7-8,11,14-15,18H2,1,3-4H3,(H,33,34,35). The van der Waals surface area contributed by atoms with E-state index >= 15 is 0 Å². The lowest BCUT2D eigenvalue weighted by Gasteiger charge is -2.29. The number of benzene rings is 2. The van der Waals surface area contributed by atoms with Gasteiger partial charge in [0.15, 0.2) is 11.5 Å². The molecule has 1 N–H and O–H groups in total. The third kappa shape index (κ3) is 7.47. The maximum Gasteiger partial charge on any atom is 0.338 e. The van der Waals surface area contributed by atoms with Gasteiger partial charge >= 0.3 is 5.97 Å². The quantitative estimate of drug-likeness (QED) is 0.0806. The van der Waals surface area contributed by atoms with Gasteiger partial charge in [-0.1, -0.05) is 74.0 Å². The molecule has 8 nitrogen and oxygen atoms in total. The van der Waals surface area contributed by atoms with Crippen molar-refractivity contribution < 1.29 is 19.0 Å². The molecule has 1 unspecified atom stereocenters. The highest BCUT2D eigenvalue weighted by Gasteiger charge is 2.36. The molecule has 41 heavy (non-hydrogen) atoms. The maximum absolute atomic E-state index is 13.4. The molecule has 0 spiro atoms. The fraction of sp³-hybridized carbons (Fsp3) is 0.367. The average molecular weight is 662 g/mol. The first-order valence-electron chi connectivity index (χ1n) is 13.5. The van der Waals surface area contributed by atoms with Gasteiger partial charge in [0.2, 0.25) is 11.1 Å². The van der Waals surface area contributed by atoms with E-state index < -0.39 is 12.0 Å². The Balaban J connectivity index is 1.74. The van der Waals surface area contributed by atoms with Crippen LogP contribution in [0.1, 0.15) is 57.2 Å². The van der Waals surface area contributed by atoms with Gasteiger partial charge in [-0.15, -0.1) is 5.10 Å². The van der Waals surface area contributed by atoms with Gasteiger partial charge in [-0.3, -0.25) is 0 Å². The predicted octanol–water partition coefficient (Wildman–Crippen LogP) is 7.97. The van der Waals surface area contributed by atoms with Gasteiger partial charge in [0.05, 0.1) is 23.3 Å². The highest BCUT2D eigenvalue weighted by molar-refractivity contribution is 9.10. The number of rotatable bonds is 14. The number of thioether (sulfide) groups is 1. The Bertz CT molecular complexity index is 1430. The van der Waals surface area contributed by atoms with Gasteiger partial charge in [-0.05, 0) is 65.5 Å². The van der Waals surface area contributed by atoms with E-state index in [4.69, 9.17) is 35.9 Å². The van der Waals surface area contributed by atoms with E-state index in [0.29, 0.717) is 57.9 Å². The first kappa shape index (κ1) is 31.0. The van der Waals surface area contributed by atoms with Crippen molar-refractivity contribution in [2.45, 2.75) is 57.0 Å². The number of nitrogens with zero attached hydrogens (tertiary/aromatic N) is 3. The zero-order chi connectivity index (χ0) is 29.4. The number of fused-ring (bicyclic) bond motifs is 1. The summed E-state index contributed by atoms with van der Waals surface area (Å²) >= 11 is 11.5. The minimum Gasteiger partial charge on any atom is -0.490 e. The van der Waals surface area contributed by atoms with E-state index in [1.807, 2.05) is 50.2 Å². The Kier molecular flexibility index (Phi) is 11.2. The van der Waals surface area contributed by atoms with Crippen LogP contribution in [-0.4, -0.2) is 40.6 Å². The third-order valence-corrected chi connectivity index (χ3v) is 8.19. The topological polar surface area (TPSA) is 87.5 Å². The number of unbranched alkanes of at least 4 members (excludes halogenated alkanes) is 2. The van der Waals surface area contributed by atoms with Crippen LogP contribution in [-0.2, 0) is 15.3 Å². The molecule has 2 aromatic carbocycles. The Hall–Kier alpha value is -2.95. The fourth-order valence-corrected chi connectivity index (χ4v) is 6.10. The smallest absolute Gasteiger partial charge is 0.338 e. The average Bonchev–Trinajstić information content (AvgIpc) is 3.36. The van der Waals surface area contributed by atoms with Gasteiger partial charge in [-0.2, -0.15) is 4.98 Å². The molecule has 2 heterocycles. The molecule has 0 radical (unpaired) electrons. The second kappa shape index (κ2) is 14.8. The zero-order valence-electron chi connectivity index (χ0n) is 23.4. The maximum atomic E-state index is 13.4. The number of aromatic nitrogens is 3. The molecular formula is C30H34BrClN4O4S. The Morgan fingerprint density at radius 3 is 2.78 bits per heavy atom. The van der Waals surface area contributed by atoms with Crippen LogP contribution in [0, 0.1) is 0 Å². The summed E-state index contributed by atoms with van der Waals surface area (Å²) < 4.78 is 20.1. The zero-order valence-corrected chi connectivity index (χ0v) is 26.6. The number of halogens is 2. The summed E-state index contributed by atoms with van der Waals surface area (Å²) in [7, 11) is 0. The van der Waals surface area contributed by atoms with Crippen LogP contribution >= 0.6 is 39.3 Å². The molecule has 4 rings (SSSR count). The van der Waals surface area contributed by atoms with E-state index in [1.165, 1.54) is 17.8 Å². The van der Waals surface area contributed by atoms with Gasteiger partial charge in [0, 0.05) is 16.5 Å². The van der Waals surface area contributed by atoms with Crippen molar-refractivity contribution in [1.29, 1.82) is 0 Å². The van der Waals surface area contributed by atoms with Crippen molar-refractivity contribution in [1.82, 2.24) is 14.8 Å². The van der Waals surface area contributed by atoms with Gasteiger partial charge in [0.1, 0.15) is 12.6 Å². The predicted molar refractivity (Wildman–Crippen MR) is 167 cm³/mol. The second-order valence-corrected chi connectivity index (χ2v) is 11.5. The summed E-state index contributed by atoms with van der Waals surface area (Å²) in [6.07, 6.45) is 4.67. The van der Waals surface area contributed by atoms with E-state index in [2.05, 4.69) is 34.7 Å². The van der Waals surface area contributed by atoms with Crippen LogP contribution in [0.25, 0.3) is 0 Å². The number of allylic oxidation sites excluding steroid dienone is 1. The first-order chi connectivity index (χ1) is 19.9. The molecule has 1 atom stereocenters. The molecule has 0 fully saturated rings. The Morgan fingerprint density at radius 1 is 1.24 bits per heavy atom. The van der Waals surface area contributed by atoms with Crippen molar-refractivity contribution >= 4 is 51.2 Å². The lowest BCUT2D eigenvalue weighted by atomic mass is 9.95. The van der Waals surface area contributed by atoms with Crippen LogP contribution in [0.2, 0.25) is 5.02 Å². The first-order valence-corrected chi connectivity index (χ1v) is 15.7. The van der Waals surface area contributed by atoms with Gasteiger partial charge in [-0.25, -0.2) is 9.48 Å². The minimum absolute atomic E-state index is 0.0872. The molecule has 1 aliphatic heterocycles. The molecule has 3 aromatic rings. The molecule has 0 saturated carbocycles. The monoisotopic (exact) mass is 660 g/mol. The molecule has 0 amide bonds. The summed E-state index contributed by atoms with van der Waals surface area (Å²) in [6, 6.07) is 10.9. The van der Waals surface area contributed by atoms with E-state index in [-0.39, 0.29) is 6.61 Å². The molecule has 11 heteroatoms. The van der Waals surface area contributed by atoms with E-state index in [9.17, 15) is 4.79 Å². The van der Waals surface area contributed by atoms with Crippen molar-refractivity contribution in [2.24, 2.45) is 0 Å². The highest BCUT2D eigenvalue weighted by Crippen LogP contribution is 2.43. The summed E-state index contributed by atoms with van der Waals surface area (Å²) in [5.41, 5.74) is 2.79. The number of anilines is 1. The minimum atomic E-state index is -0.629. The number of carbonyl (C=O) groups excluding carboxylic acids is 1. The molecule has 0 aliphatic carbocycles. The fourth-order valence-electron chi connectivity index (χ4n) is 4.41. The SMILES string of the molecule is C=CCOC(=O)C1=C(C)Nc2nc(SCc3ccccc3Cl)nn2C1c1cc(Br)c(OCCCCC)c(OCC)c1. The summed E-state index contributed by atoms with van der Waals surface area (Å²) in [5.74, 6) is 1.85. The number of nitrogens with one attached hydrogen (secondary N) is 1. The number of ether oxygens (including phenoxy) is 3. The lowest BCUT2D eigenvalue weighted by Crippen LogP contribution is -2.29. The highest BCUT2D eigenvalue weighted by atomic mass is 79.9. The molecule has 0 bridgehead atoms. The van der Waals surface area contributed by atoms with Crippen molar-refractivity contribution in [3.63, 3.8) is 0 Å². The van der Waals surface area contributed by atoms with Crippen LogP contribution in [0.15, 0.2) is 70.0 Å². The van der Waals surface area contributed by atoms with Crippen molar-refractivity contribution in [3.05, 3.63) is 80.9 Å². The number of hydrogen-bond donors (Lipinski definition) is 1. The molecule has 1 aliphatic rings. The molecule has 0 saturated heterocycles. The van der Waals surface area contributed by atoms with Gasteiger partial charge in [0.25, 0.3) is 0 Å². The van der Waals surface area contributed by atoms with Crippen LogP contribution in [0.5, 0.6) is 11.5 Å². The molecular weight excluding hydrogens is 628 g/mol. The summed E-state index contributed by atoms with van der Waals surface area (Å²) in [5, 5.41) is 9.29. The van der Waals surface area contributed by atoms with Crippen LogP contribution < -0.4 is 14.8 Å².